The Morgan fingerprint density at radius 2 is 1.73 bits per heavy atom. The fraction of sp³-hybridized carbons (Fsp3) is 0.379. The van der Waals surface area contributed by atoms with Crippen molar-refractivity contribution >= 4 is 33.1 Å². The number of imidazole rings is 1. The maximum absolute atomic E-state index is 6.61. The van der Waals surface area contributed by atoms with Crippen LogP contribution in [0.2, 0.25) is 0 Å². The van der Waals surface area contributed by atoms with Crippen molar-refractivity contribution in [3.63, 3.8) is 0 Å². The molecule has 2 aromatic carbocycles. The number of aromatic nitrogens is 3. The van der Waals surface area contributed by atoms with E-state index >= 15 is 0 Å². The van der Waals surface area contributed by atoms with Gasteiger partial charge in [0.25, 0.3) is 5.82 Å². The number of nitrogens with zero attached hydrogens (tertiary/aromatic N) is 3. The van der Waals surface area contributed by atoms with Gasteiger partial charge >= 0.3 is 0 Å². The van der Waals surface area contributed by atoms with Crippen LogP contribution in [0.3, 0.4) is 0 Å². The van der Waals surface area contributed by atoms with Gasteiger partial charge in [0.05, 0.1) is 19.5 Å². The molecule has 4 heteroatoms. The van der Waals surface area contributed by atoms with E-state index in [0.717, 1.165) is 29.1 Å². The minimum absolute atomic E-state index is 0.0816. The molecule has 0 aliphatic heterocycles. The van der Waals surface area contributed by atoms with Crippen LogP contribution < -0.4 is 4.57 Å². The molecule has 1 aliphatic rings. The first-order valence-electron chi connectivity index (χ1n) is 11.9. The van der Waals surface area contributed by atoms with Crippen molar-refractivity contribution in [3.8, 4) is 11.4 Å². The SMILES string of the molecule is Cc1ccc2c(oc3ncc4c(c32)C(C)(C)CCC4(C)C)c1-c1n(C)c2ccccc2[n+]1C. The van der Waals surface area contributed by atoms with E-state index in [1.165, 1.54) is 44.9 Å². The van der Waals surface area contributed by atoms with Gasteiger partial charge in [-0.1, -0.05) is 52.0 Å². The van der Waals surface area contributed by atoms with Gasteiger partial charge in [-0.05, 0) is 59.4 Å². The van der Waals surface area contributed by atoms with Gasteiger partial charge in [-0.2, -0.15) is 0 Å². The first-order chi connectivity index (χ1) is 15.6. The van der Waals surface area contributed by atoms with Crippen LogP contribution in [0.4, 0.5) is 0 Å². The van der Waals surface area contributed by atoms with Crippen LogP contribution in [0.5, 0.6) is 0 Å². The molecule has 168 valence electrons. The minimum atomic E-state index is 0.0816. The van der Waals surface area contributed by atoms with Gasteiger partial charge in [-0.3, -0.25) is 0 Å². The Bertz CT molecular complexity index is 1560. The summed E-state index contributed by atoms with van der Waals surface area (Å²) in [5, 5.41) is 2.37. The largest absolute Gasteiger partial charge is 0.437 e. The molecule has 5 aromatic rings. The first kappa shape index (κ1) is 20.5. The lowest BCUT2D eigenvalue weighted by molar-refractivity contribution is -0.634. The number of hydrogen-bond acceptors (Lipinski definition) is 2. The molecule has 0 atom stereocenters. The van der Waals surface area contributed by atoms with E-state index in [1.807, 2.05) is 0 Å². The van der Waals surface area contributed by atoms with Gasteiger partial charge in [-0.15, -0.1) is 0 Å². The Hall–Kier alpha value is -3.14. The van der Waals surface area contributed by atoms with E-state index in [9.17, 15) is 0 Å². The Morgan fingerprint density at radius 1 is 1.00 bits per heavy atom. The highest BCUT2D eigenvalue weighted by molar-refractivity contribution is 6.11. The predicted octanol–water partition coefficient (Wildman–Crippen LogP) is 6.62. The highest BCUT2D eigenvalue weighted by atomic mass is 16.3. The molecule has 0 N–H and O–H groups in total. The van der Waals surface area contributed by atoms with E-state index in [-0.39, 0.29) is 10.8 Å². The van der Waals surface area contributed by atoms with Gasteiger partial charge < -0.3 is 4.42 Å². The van der Waals surface area contributed by atoms with Crippen LogP contribution in [0, 0.1) is 6.92 Å². The molecule has 0 amide bonds. The molecule has 0 bridgehead atoms. The monoisotopic (exact) mass is 438 g/mol. The number of benzene rings is 2. The lowest BCUT2D eigenvalue weighted by atomic mass is 9.63. The summed E-state index contributed by atoms with van der Waals surface area (Å²) in [7, 11) is 4.29. The van der Waals surface area contributed by atoms with Crippen LogP contribution in [-0.2, 0) is 24.9 Å². The Labute approximate surface area is 194 Å². The summed E-state index contributed by atoms with van der Waals surface area (Å²) in [5.74, 6) is 1.15. The topological polar surface area (TPSA) is 34.8 Å². The molecule has 6 rings (SSSR count). The van der Waals surface area contributed by atoms with Gasteiger partial charge in [0.2, 0.25) is 5.71 Å². The van der Waals surface area contributed by atoms with Crippen LogP contribution in [0.25, 0.3) is 44.5 Å². The molecule has 0 unspecified atom stereocenters. The predicted molar refractivity (Wildman–Crippen MR) is 135 cm³/mol. The maximum atomic E-state index is 6.61. The second kappa shape index (κ2) is 6.47. The summed E-state index contributed by atoms with van der Waals surface area (Å²) in [5.41, 5.74) is 9.44. The van der Waals surface area contributed by atoms with Crippen molar-refractivity contribution in [1.82, 2.24) is 9.55 Å². The van der Waals surface area contributed by atoms with Crippen molar-refractivity contribution < 1.29 is 8.98 Å². The number of pyridine rings is 1. The molecule has 0 fully saturated rings. The fourth-order valence-electron chi connectivity index (χ4n) is 6.10. The molecule has 0 saturated carbocycles. The summed E-state index contributed by atoms with van der Waals surface area (Å²) < 4.78 is 11.2. The number of fused-ring (bicyclic) bond motifs is 6. The molecule has 33 heavy (non-hydrogen) atoms. The summed E-state index contributed by atoms with van der Waals surface area (Å²) in [6.07, 6.45) is 4.41. The van der Waals surface area contributed by atoms with Crippen molar-refractivity contribution in [1.29, 1.82) is 0 Å². The van der Waals surface area contributed by atoms with Crippen molar-refractivity contribution in [2.24, 2.45) is 14.1 Å². The molecule has 0 saturated heterocycles. The lowest BCUT2D eigenvalue weighted by Gasteiger charge is -2.41. The van der Waals surface area contributed by atoms with E-state index in [0.29, 0.717) is 0 Å². The highest BCUT2D eigenvalue weighted by Gasteiger charge is 2.40. The summed E-state index contributed by atoms with van der Waals surface area (Å²) in [4.78, 5) is 4.86. The van der Waals surface area contributed by atoms with E-state index in [2.05, 4.69) is 100 Å². The smallest absolute Gasteiger partial charge is 0.293 e. The summed E-state index contributed by atoms with van der Waals surface area (Å²) >= 11 is 0. The third-order valence-electron chi connectivity index (χ3n) is 8.12. The Balaban J connectivity index is 1.77. The molecule has 1 aliphatic carbocycles. The fourth-order valence-corrected chi connectivity index (χ4v) is 6.10. The zero-order valence-electron chi connectivity index (χ0n) is 20.7. The van der Waals surface area contributed by atoms with E-state index < -0.39 is 0 Å². The molecular formula is C29H32N3O+. The molecule has 4 nitrogen and oxygen atoms in total. The third-order valence-corrected chi connectivity index (χ3v) is 8.12. The first-order valence-corrected chi connectivity index (χ1v) is 11.9. The van der Waals surface area contributed by atoms with E-state index in [4.69, 9.17) is 9.40 Å². The van der Waals surface area contributed by atoms with E-state index in [1.54, 1.807) is 0 Å². The van der Waals surface area contributed by atoms with Crippen molar-refractivity contribution in [2.75, 3.05) is 0 Å². The van der Waals surface area contributed by atoms with Crippen molar-refractivity contribution in [3.05, 3.63) is 59.3 Å². The van der Waals surface area contributed by atoms with Crippen LogP contribution in [0.15, 0.2) is 47.0 Å². The Morgan fingerprint density at radius 3 is 2.48 bits per heavy atom. The summed E-state index contributed by atoms with van der Waals surface area (Å²) in [6.45, 7) is 11.6. The number of para-hydroxylation sites is 2. The lowest BCUT2D eigenvalue weighted by Crippen LogP contribution is -2.34. The molecule has 3 heterocycles. The second-order valence-electron chi connectivity index (χ2n) is 11.2. The normalized spacial score (nSPS) is 17.2. The number of hydrogen-bond donors (Lipinski definition) is 0. The molecule has 3 aromatic heterocycles. The maximum Gasteiger partial charge on any atom is 0.293 e. The average molecular weight is 439 g/mol. The minimum Gasteiger partial charge on any atom is -0.437 e. The number of rotatable bonds is 1. The number of furan rings is 1. The molecular weight excluding hydrogens is 406 g/mol. The van der Waals surface area contributed by atoms with Gasteiger partial charge in [-0.25, -0.2) is 14.1 Å². The van der Waals surface area contributed by atoms with Gasteiger partial charge in [0, 0.05) is 11.6 Å². The summed E-state index contributed by atoms with van der Waals surface area (Å²) in [6, 6.07) is 13.0. The second-order valence-corrected chi connectivity index (χ2v) is 11.2. The number of aryl methyl sites for hydroxylation is 3. The van der Waals surface area contributed by atoms with Crippen molar-refractivity contribution in [2.45, 2.75) is 58.3 Å². The quantitative estimate of drug-likeness (QED) is 0.276. The average Bonchev–Trinajstić information content (AvgIpc) is 3.27. The zero-order chi connectivity index (χ0) is 23.3. The van der Waals surface area contributed by atoms with Crippen LogP contribution >= 0.6 is 0 Å². The highest BCUT2D eigenvalue weighted by Crippen LogP contribution is 2.50. The third kappa shape index (κ3) is 2.64. The standard InChI is InChI=1S/C29H32N3O/c1-17-12-13-18-23-24-19(28(2,3)14-15-29(24,4)5)16-30-26(23)33-25(18)22(17)27-31(6)20-10-8-9-11-21(20)32(27)7/h8-13,16H,14-15H2,1-7H3/q+1. The molecule has 0 radical (unpaired) electrons. The zero-order valence-corrected chi connectivity index (χ0v) is 20.7. The van der Waals surface area contributed by atoms with Gasteiger partial charge in [0.15, 0.2) is 16.6 Å². The Kier molecular flexibility index (Phi) is 4.01. The van der Waals surface area contributed by atoms with Gasteiger partial charge in [0.1, 0.15) is 5.56 Å². The van der Waals surface area contributed by atoms with Crippen LogP contribution in [-0.4, -0.2) is 9.55 Å². The molecule has 0 spiro atoms. The van der Waals surface area contributed by atoms with Crippen LogP contribution in [0.1, 0.15) is 57.2 Å².